The number of methoxy groups -OCH3 is 1. The van der Waals surface area contributed by atoms with Gasteiger partial charge < -0.3 is 15.0 Å². The molecule has 2 aromatic carbocycles. The van der Waals surface area contributed by atoms with Gasteiger partial charge in [-0.1, -0.05) is 26.0 Å². The molecule has 6 nitrogen and oxygen atoms in total. The monoisotopic (exact) mass is 418 g/mol. The van der Waals surface area contributed by atoms with Crippen LogP contribution in [-0.4, -0.2) is 42.1 Å². The van der Waals surface area contributed by atoms with Crippen LogP contribution in [0, 0.1) is 5.92 Å². The third kappa shape index (κ3) is 5.97. The number of anilines is 1. The van der Waals surface area contributed by atoms with Crippen molar-refractivity contribution in [1.29, 1.82) is 0 Å². The molecule has 0 aliphatic carbocycles. The Labute approximate surface area is 173 Å². The quantitative estimate of drug-likeness (QED) is 0.675. The van der Waals surface area contributed by atoms with E-state index in [0.29, 0.717) is 17.7 Å². The minimum Gasteiger partial charge on any atom is -0.497 e. The van der Waals surface area contributed by atoms with Gasteiger partial charge in [-0.15, -0.1) is 0 Å². The summed E-state index contributed by atoms with van der Waals surface area (Å²) in [5.41, 5.74) is 1.61. The van der Waals surface area contributed by atoms with Crippen LogP contribution in [0.1, 0.15) is 31.1 Å². The summed E-state index contributed by atoms with van der Waals surface area (Å²) in [6.07, 6.45) is 0.356. The minimum absolute atomic E-state index is 0.0151. The number of hydrogen-bond donors (Lipinski definition) is 1. The van der Waals surface area contributed by atoms with Gasteiger partial charge in [0.05, 0.1) is 12.0 Å². The van der Waals surface area contributed by atoms with Crippen LogP contribution in [0.4, 0.5) is 5.69 Å². The first-order valence-corrected chi connectivity index (χ1v) is 11.1. The van der Waals surface area contributed by atoms with E-state index in [1.807, 2.05) is 45.0 Å². The number of hydrogen-bond acceptors (Lipinski definition) is 5. The molecule has 0 aliphatic rings. The SMILES string of the molecule is COc1ccc(S(=O)(=O)[C@@H](CNC(=O)CC(C)C)c2ccc(N(C)C)cc2)cc1. The standard InChI is InChI=1S/C22H30N2O4S/c1-16(2)14-22(25)23-15-21(17-6-8-18(9-7-17)24(3)4)29(26,27)20-12-10-19(28-5)11-13-20/h6-13,16,21H,14-15H2,1-5H3,(H,23,25)/t21-/m0/s1. The Morgan fingerprint density at radius 3 is 2.10 bits per heavy atom. The van der Waals surface area contributed by atoms with Crippen molar-refractivity contribution >= 4 is 21.4 Å². The molecule has 2 rings (SSSR count). The van der Waals surface area contributed by atoms with Gasteiger partial charge in [0.2, 0.25) is 5.91 Å². The van der Waals surface area contributed by atoms with Crippen molar-refractivity contribution in [2.45, 2.75) is 30.4 Å². The molecular formula is C22H30N2O4S. The zero-order valence-corrected chi connectivity index (χ0v) is 18.5. The summed E-state index contributed by atoms with van der Waals surface area (Å²) in [6.45, 7) is 3.91. The van der Waals surface area contributed by atoms with Gasteiger partial charge in [-0.05, 0) is 47.9 Å². The van der Waals surface area contributed by atoms with Gasteiger partial charge in [0, 0.05) is 32.7 Å². The number of amides is 1. The predicted molar refractivity (Wildman–Crippen MR) is 116 cm³/mol. The summed E-state index contributed by atoms with van der Waals surface area (Å²) in [7, 11) is 1.66. The normalized spacial score (nSPS) is 12.5. The first-order valence-electron chi connectivity index (χ1n) is 9.57. The van der Waals surface area contributed by atoms with Crippen molar-refractivity contribution in [3.8, 4) is 5.75 Å². The molecule has 0 fully saturated rings. The van der Waals surface area contributed by atoms with Crippen LogP contribution in [-0.2, 0) is 14.6 Å². The molecule has 0 heterocycles. The zero-order chi connectivity index (χ0) is 21.6. The summed E-state index contributed by atoms with van der Waals surface area (Å²) in [5.74, 6) is 0.631. The van der Waals surface area contributed by atoms with Gasteiger partial charge in [0.25, 0.3) is 0 Å². The molecule has 2 aromatic rings. The molecule has 0 unspecified atom stereocenters. The van der Waals surface area contributed by atoms with Crippen LogP contribution in [0.25, 0.3) is 0 Å². The molecule has 0 saturated heterocycles. The average Bonchev–Trinajstić information content (AvgIpc) is 2.67. The van der Waals surface area contributed by atoms with Crippen LogP contribution in [0.15, 0.2) is 53.4 Å². The maximum absolute atomic E-state index is 13.4. The number of nitrogens with one attached hydrogen (secondary N) is 1. The Balaban J connectivity index is 2.37. The van der Waals surface area contributed by atoms with Crippen LogP contribution < -0.4 is 15.0 Å². The van der Waals surface area contributed by atoms with Crippen LogP contribution in [0.2, 0.25) is 0 Å². The van der Waals surface area contributed by atoms with E-state index in [-0.39, 0.29) is 23.3 Å². The molecule has 7 heteroatoms. The lowest BCUT2D eigenvalue weighted by atomic mass is 10.1. The van der Waals surface area contributed by atoms with Crippen molar-refractivity contribution in [2.75, 3.05) is 32.6 Å². The summed E-state index contributed by atoms with van der Waals surface area (Å²) < 4.78 is 31.9. The number of sulfone groups is 1. The average molecular weight is 419 g/mol. The first-order chi connectivity index (χ1) is 13.6. The van der Waals surface area contributed by atoms with E-state index in [2.05, 4.69) is 5.32 Å². The fourth-order valence-electron chi connectivity index (χ4n) is 2.97. The molecule has 1 atom stereocenters. The second-order valence-electron chi connectivity index (χ2n) is 7.60. The van der Waals surface area contributed by atoms with E-state index in [1.165, 1.54) is 19.2 Å². The van der Waals surface area contributed by atoms with E-state index < -0.39 is 15.1 Å². The zero-order valence-electron chi connectivity index (χ0n) is 17.7. The number of ether oxygens (including phenoxy) is 1. The number of carbonyl (C=O) groups is 1. The highest BCUT2D eigenvalue weighted by Gasteiger charge is 2.30. The summed E-state index contributed by atoms with van der Waals surface area (Å²) in [4.78, 5) is 14.3. The summed E-state index contributed by atoms with van der Waals surface area (Å²) in [5, 5.41) is 1.91. The Kier molecular flexibility index (Phi) is 7.67. The third-order valence-electron chi connectivity index (χ3n) is 4.62. The Morgan fingerprint density at radius 1 is 1.03 bits per heavy atom. The van der Waals surface area contributed by atoms with Gasteiger partial charge in [0.15, 0.2) is 9.84 Å². The fourth-order valence-corrected chi connectivity index (χ4v) is 4.64. The highest BCUT2D eigenvalue weighted by Crippen LogP contribution is 2.30. The van der Waals surface area contributed by atoms with E-state index in [1.54, 1.807) is 24.3 Å². The third-order valence-corrected chi connectivity index (χ3v) is 6.74. The molecule has 0 spiro atoms. The smallest absolute Gasteiger partial charge is 0.220 e. The Hall–Kier alpha value is -2.54. The van der Waals surface area contributed by atoms with Gasteiger partial charge in [-0.3, -0.25) is 4.79 Å². The van der Waals surface area contributed by atoms with Gasteiger partial charge in [0.1, 0.15) is 11.0 Å². The second-order valence-corrected chi connectivity index (χ2v) is 9.73. The molecule has 0 radical (unpaired) electrons. The number of rotatable bonds is 9. The molecule has 1 N–H and O–H groups in total. The summed E-state index contributed by atoms with van der Waals surface area (Å²) in [6, 6.07) is 13.7. The molecule has 0 aromatic heterocycles. The highest BCUT2D eigenvalue weighted by molar-refractivity contribution is 7.91. The lowest BCUT2D eigenvalue weighted by molar-refractivity contribution is -0.121. The summed E-state index contributed by atoms with van der Waals surface area (Å²) >= 11 is 0. The van der Waals surface area contributed by atoms with Crippen molar-refractivity contribution < 1.29 is 17.9 Å². The molecule has 0 saturated carbocycles. The van der Waals surface area contributed by atoms with Crippen LogP contribution >= 0.6 is 0 Å². The predicted octanol–water partition coefficient (Wildman–Crippen LogP) is 3.44. The van der Waals surface area contributed by atoms with Gasteiger partial charge >= 0.3 is 0 Å². The lowest BCUT2D eigenvalue weighted by Gasteiger charge is -2.21. The lowest BCUT2D eigenvalue weighted by Crippen LogP contribution is -2.32. The molecule has 0 aliphatic heterocycles. The fraction of sp³-hybridized carbons (Fsp3) is 0.409. The van der Waals surface area contributed by atoms with Crippen molar-refractivity contribution in [2.24, 2.45) is 5.92 Å². The van der Waals surface area contributed by atoms with Gasteiger partial charge in [-0.2, -0.15) is 0 Å². The van der Waals surface area contributed by atoms with Gasteiger partial charge in [-0.25, -0.2) is 8.42 Å². The van der Waals surface area contributed by atoms with Crippen molar-refractivity contribution in [3.63, 3.8) is 0 Å². The topological polar surface area (TPSA) is 75.7 Å². The maximum Gasteiger partial charge on any atom is 0.220 e. The molecule has 158 valence electrons. The largest absolute Gasteiger partial charge is 0.497 e. The Bertz CT molecular complexity index is 905. The number of nitrogens with zero attached hydrogens (tertiary/aromatic N) is 1. The second kappa shape index (κ2) is 9.78. The first kappa shape index (κ1) is 22.7. The highest BCUT2D eigenvalue weighted by atomic mass is 32.2. The van der Waals surface area contributed by atoms with Crippen LogP contribution in [0.5, 0.6) is 5.75 Å². The molecular weight excluding hydrogens is 388 g/mol. The van der Waals surface area contributed by atoms with E-state index in [0.717, 1.165) is 5.69 Å². The Morgan fingerprint density at radius 2 is 1.62 bits per heavy atom. The minimum atomic E-state index is -3.72. The van der Waals surface area contributed by atoms with E-state index in [4.69, 9.17) is 4.74 Å². The number of benzene rings is 2. The van der Waals surface area contributed by atoms with E-state index in [9.17, 15) is 13.2 Å². The van der Waals surface area contributed by atoms with Crippen molar-refractivity contribution in [1.82, 2.24) is 5.32 Å². The molecule has 1 amide bonds. The molecule has 0 bridgehead atoms. The number of carbonyl (C=O) groups excluding carboxylic acids is 1. The molecule has 29 heavy (non-hydrogen) atoms. The van der Waals surface area contributed by atoms with Crippen molar-refractivity contribution in [3.05, 3.63) is 54.1 Å². The van der Waals surface area contributed by atoms with Crippen LogP contribution in [0.3, 0.4) is 0 Å². The maximum atomic E-state index is 13.4. The van der Waals surface area contributed by atoms with E-state index >= 15 is 0 Å².